The Morgan fingerprint density at radius 2 is 1.95 bits per heavy atom. The van der Waals surface area contributed by atoms with Crippen molar-refractivity contribution >= 4 is 17.8 Å². The summed E-state index contributed by atoms with van der Waals surface area (Å²) in [4.78, 5) is 36.8. The predicted octanol–water partition coefficient (Wildman–Crippen LogP) is 1.29. The summed E-state index contributed by atoms with van der Waals surface area (Å²) in [7, 11) is 0. The van der Waals surface area contributed by atoms with E-state index in [0.29, 0.717) is 25.8 Å². The Labute approximate surface area is 124 Å². The molecule has 2 fully saturated rings. The van der Waals surface area contributed by atoms with Crippen LogP contribution in [-0.4, -0.2) is 46.4 Å². The maximum Gasteiger partial charge on any atom is 0.303 e. The van der Waals surface area contributed by atoms with Crippen molar-refractivity contribution in [3.8, 4) is 0 Å². The van der Waals surface area contributed by atoms with Crippen molar-refractivity contribution in [3.05, 3.63) is 0 Å². The number of aliphatic carboxylic acids is 1. The van der Waals surface area contributed by atoms with E-state index in [-0.39, 0.29) is 24.3 Å². The van der Waals surface area contributed by atoms with Crippen LogP contribution < -0.4 is 5.32 Å². The lowest BCUT2D eigenvalue weighted by Crippen LogP contribution is -2.53. The first-order valence-electron chi connectivity index (χ1n) is 7.89. The predicted molar refractivity (Wildman–Crippen MR) is 76.6 cm³/mol. The van der Waals surface area contributed by atoms with Crippen molar-refractivity contribution in [3.63, 3.8) is 0 Å². The van der Waals surface area contributed by atoms with E-state index in [0.717, 1.165) is 32.1 Å². The molecule has 0 saturated carbocycles. The third kappa shape index (κ3) is 4.44. The van der Waals surface area contributed by atoms with E-state index in [1.165, 1.54) is 0 Å². The molecule has 2 unspecified atom stereocenters. The smallest absolute Gasteiger partial charge is 0.303 e. The molecule has 2 N–H and O–H groups in total. The maximum absolute atomic E-state index is 12.7. The lowest BCUT2D eigenvalue weighted by molar-refractivity contribution is -0.142. The number of piperidine rings is 1. The zero-order valence-electron chi connectivity index (χ0n) is 12.3. The van der Waals surface area contributed by atoms with Crippen LogP contribution in [-0.2, 0) is 14.4 Å². The van der Waals surface area contributed by atoms with Gasteiger partial charge in [-0.3, -0.25) is 14.4 Å². The number of carboxylic acids is 1. The van der Waals surface area contributed by atoms with E-state index in [9.17, 15) is 14.4 Å². The van der Waals surface area contributed by atoms with Crippen molar-refractivity contribution < 1.29 is 19.5 Å². The van der Waals surface area contributed by atoms with E-state index in [1.807, 2.05) is 4.90 Å². The SMILES string of the molecule is O=C(O)CCC1CCCCN1C(=O)C1CCCCC(=O)N1. The highest BCUT2D eigenvalue weighted by Crippen LogP contribution is 2.23. The van der Waals surface area contributed by atoms with Gasteiger partial charge in [0, 0.05) is 25.4 Å². The van der Waals surface area contributed by atoms with E-state index < -0.39 is 12.0 Å². The van der Waals surface area contributed by atoms with Crippen LogP contribution in [0.3, 0.4) is 0 Å². The second-order valence-electron chi connectivity index (χ2n) is 5.98. The van der Waals surface area contributed by atoms with Crippen LogP contribution in [0.15, 0.2) is 0 Å². The molecule has 0 aromatic heterocycles. The summed E-state index contributed by atoms with van der Waals surface area (Å²) in [6, 6.07) is -0.423. The van der Waals surface area contributed by atoms with Crippen LogP contribution in [0.4, 0.5) is 0 Å². The summed E-state index contributed by atoms with van der Waals surface area (Å²) in [5.74, 6) is -0.902. The molecular weight excluding hydrogens is 272 g/mol. The number of carbonyl (C=O) groups excluding carboxylic acids is 2. The topological polar surface area (TPSA) is 86.7 Å². The molecule has 2 aliphatic heterocycles. The lowest BCUT2D eigenvalue weighted by atomic mass is 9.96. The highest BCUT2D eigenvalue weighted by Gasteiger charge is 2.32. The molecule has 2 saturated heterocycles. The Morgan fingerprint density at radius 3 is 2.71 bits per heavy atom. The van der Waals surface area contributed by atoms with Gasteiger partial charge in [0.05, 0.1) is 0 Å². The van der Waals surface area contributed by atoms with E-state index in [4.69, 9.17) is 5.11 Å². The fourth-order valence-corrected chi connectivity index (χ4v) is 3.24. The molecule has 6 nitrogen and oxygen atoms in total. The summed E-state index contributed by atoms with van der Waals surface area (Å²) in [5, 5.41) is 11.6. The molecule has 0 aliphatic carbocycles. The fourth-order valence-electron chi connectivity index (χ4n) is 3.24. The summed E-state index contributed by atoms with van der Waals surface area (Å²) >= 11 is 0. The Morgan fingerprint density at radius 1 is 1.19 bits per heavy atom. The molecule has 2 rings (SSSR count). The zero-order valence-corrected chi connectivity index (χ0v) is 12.3. The van der Waals surface area contributed by atoms with E-state index >= 15 is 0 Å². The van der Waals surface area contributed by atoms with Gasteiger partial charge in [-0.1, -0.05) is 6.42 Å². The van der Waals surface area contributed by atoms with Crippen molar-refractivity contribution in [2.24, 2.45) is 0 Å². The lowest BCUT2D eigenvalue weighted by Gasteiger charge is -2.37. The standard InChI is InChI=1S/C15H24N2O4/c18-13-7-2-1-6-12(16-13)15(21)17-10-4-3-5-11(17)8-9-14(19)20/h11-12H,1-10H2,(H,16,18)(H,19,20). The fraction of sp³-hybridized carbons (Fsp3) is 0.800. The first-order chi connectivity index (χ1) is 10.1. The van der Waals surface area contributed by atoms with Crippen LogP contribution in [0.1, 0.15) is 57.8 Å². The molecular formula is C15H24N2O4. The molecule has 2 atom stereocenters. The molecule has 2 aliphatic rings. The Balaban J connectivity index is 1.99. The van der Waals surface area contributed by atoms with Crippen LogP contribution >= 0.6 is 0 Å². The maximum atomic E-state index is 12.7. The third-order valence-corrected chi connectivity index (χ3v) is 4.38. The van der Waals surface area contributed by atoms with Crippen LogP contribution in [0.5, 0.6) is 0 Å². The summed E-state index contributed by atoms with van der Waals surface area (Å²) in [6.07, 6.45) is 6.33. The summed E-state index contributed by atoms with van der Waals surface area (Å²) < 4.78 is 0. The van der Waals surface area contributed by atoms with Gasteiger partial charge in [-0.2, -0.15) is 0 Å². The number of likely N-dealkylation sites (tertiary alicyclic amines) is 1. The summed E-state index contributed by atoms with van der Waals surface area (Å²) in [5.41, 5.74) is 0. The van der Waals surface area contributed by atoms with Gasteiger partial charge >= 0.3 is 5.97 Å². The highest BCUT2D eigenvalue weighted by atomic mass is 16.4. The molecule has 0 spiro atoms. The number of nitrogens with one attached hydrogen (secondary N) is 1. The number of nitrogens with zero attached hydrogens (tertiary/aromatic N) is 1. The second-order valence-corrected chi connectivity index (χ2v) is 5.98. The average Bonchev–Trinajstić information content (AvgIpc) is 2.69. The molecule has 0 aromatic rings. The number of rotatable bonds is 4. The van der Waals surface area contributed by atoms with Gasteiger partial charge in [-0.05, 0) is 38.5 Å². The number of hydrogen-bond acceptors (Lipinski definition) is 3. The third-order valence-electron chi connectivity index (χ3n) is 4.38. The van der Waals surface area contributed by atoms with E-state index in [1.54, 1.807) is 0 Å². The zero-order chi connectivity index (χ0) is 15.2. The molecule has 21 heavy (non-hydrogen) atoms. The number of carboxylic acid groups (broad SMARTS) is 1. The first-order valence-corrected chi connectivity index (χ1v) is 7.89. The molecule has 2 amide bonds. The minimum absolute atomic E-state index is 0.00232. The molecule has 118 valence electrons. The highest BCUT2D eigenvalue weighted by molar-refractivity contribution is 5.88. The average molecular weight is 296 g/mol. The minimum atomic E-state index is -0.823. The van der Waals surface area contributed by atoms with E-state index in [2.05, 4.69) is 5.32 Å². The molecule has 0 bridgehead atoms. The normalized spacial score (nSPS) is 26.9. The number of hydrogen-bond donors (Lipinski definition) is 2. The van der Waals surface area contributed by atoms with Crippen molar-refractivity contribution in [1.82, 2.24) is 10.2 Å². The van der Waals surface area contributed by atoms with Gasteiger partial charge in [0.15, 0.2) is 0 Å². The largest absolute Gasteiger partial charge is 0.481 e. The monoisotopic (exact) mass is 296 g/mol. The van der Waals surface area contributed by atoms with Crippen molar-refractivity contribution in [2.75, 3.05) is 6.54 Å². The van der Waals surface area contributed by atoms with Gasteiger partial charge in [0.2, 0.25) is 11.8 Å². The van der Waals surface area contributed by atoms with Crippen molar-refractivity contribution in [1.29, 1.82) is 0 Å². The van der Waals surface area contributed by atoms with Gasteiger partial charge < -0.3 is 15.3 Å². The number of amides is 2. The van der Waals surface area contributed by atoms with Gasteiger partial charge in [-0.25, -0.2) is 0 Å². The van der Waals surface area contributed by atoms with Gasteiger partial charge in [0.25, 0.3) is 0 Å². The van der Waals surface area contributed by atoms with Crippen LogP contribution in [0.2, 0.25) is 0 Å². The molecule has 6 heteroatoms. The second kappa shape index (κ2) is 7.43. The number of carbonyl (C=O) groups is 3. The van der Waals surface area contributed by atoms with Gasteiger partial charge in [0.1, 0.15) is 6.04 Å². The quantitative estimate of drug-likeness (QED) is 0.818. The molecule has 0 radical (unpaired) electrons. The van der Waals surface area contributed by atoms with Crippen molar-refractivity contribution in [2.45, 2.75) is 69.9 Å². The molecule has 0 aromatic carbocycles. The summed E-state index contributed by atoms with van der Waals surface area (Å²) in [6.45, 7) is 0.676. The Kier molecular flexibility index (Phi) is 5.59. The minimum Gasteiger partial charge on any atom is -0.481 e. The van der Waals surface area contributed by atoms with Gasteiger partial charge in [-0.15, -0.1) is 0 Å². The first kappa shape index (κ1) is 15.8. The molecule has 2 heterocycles. The van der Waals surface area contributed by atoms with Crippen LogP contribution in [0, 0.1) is 0 Å². The van der Waals surface area contributed by atoms with Crippen LogP contribution in [0.25, 0.3) is 0 Å². The Bertz CT molecular complexity index is 410. The Hall–Kier alpha value is -1.59.